The van der Waals surface area contributed by atoms with E-state index in [4.69, 9.17) is 5.11 Å². The standard InChI is InChI=1S/C11H13Br.C4H6O2S.C2H6/c1-3-9(2)8-10-6-4-5-7-11(10)12;1-3(2-7)4(5)6;1-2/h4-8H,3H2,1-2H3;2,7H,1H3,(H,5,6);1-2H3/b;3-2+;. The van der Waals surface area contributed by atoms with Crippen LogP contribution in [-0.4, -0.2) is 11.1 Å². The molecule has 4 heteroatoms. The summed E-state index contributed by atoms with van der Waals surface area (Å²) in [5.41, 5.74) is 2.92. The SMILES string of the molecule is C/C(=C\S)C(=O)O.CC.CCC(C)=Cc1ccccc1Br. The van der Waals surface area contributed by atoms with E-state index in [0.717, 1.165) is 10.9 Å². The fraction of sp³-hybridized carbons (Fsp3) is 0.353. The quantitative estimate of drug-likeness (QED) is 0.489. The lowest BCUT2D eigenvalue weighted by molar-refractivity contribution is -0.132. The number of carbonyl (C=O) groups is 1. The van der Waals surface area contributed by atoms with Gasteiger partial charge in [0.2, 0.25) is 0 Å². The maximum Gasteiger partial charge on any atom is 0.331 e. The Morgan fingerprint density at radius 1 is 1.29 bits per heavy atom. The first-order valence-electron chi connectivity index (χ1n) is 6.88. The predicted molar refractivity (Wildman–Crippen MR) is 99.8 cm³/mol. The first-order valence-corrected chi connectivity index (χ1v) is 8.19. The summed E-state index contributed by atoms with van der Waals surface area (Å²) in [6.07, 6.45) is 3.32. The monoisotopic (exact) mass is 372 g/mol. The first kappa shape index (κ1) is 22.3. The van der Waals surface area contributed by atoms with Crippen molar-refractivity contribution in [3.05, 3.63) is 50.9 Å². The van der Waals surface area contributed by atoms with Crippen LogP contribution in [0.1, 0.15) is 46.6 Å². The van der Waals surface area contributed by atoms with Crippen LogP contribution in [0.2, 0.25) is 0 Å². The second-order valence-corrected chi connectivity index (χ2v) is 5.10. The second kappa shape index (κ2) is 14.0. The minimum atomic E-state index is -0.921. The van der Waals surface area contributed by atoms with Crippen molar-refractivity contribution < 1.29 is 9.90 Å². The molecule has 0 aliphatic heterocycles. The number of allylic oxidation sites excluding steroid dienone is 1. The van der Waals surface area contributed by atoms with Gasteiger partial charge in [-0.05, 0) is 37.3 Å². The van der Waals surface area contributed by atoms with Gasteiger partial charge in [0.15, 0.2) is 0 Å². The summed E-state index contributed by atoms with van der Waals surface area (Å²) in [5, 5.41) is 9.32. The van der Waals surface area contributed by atoms with Gasteiger partial charge in [0.25, 0.3) is 0 Å². The highest BCUT2D eigenvalue weighted by Gasteiger charge is 1.94. The second-order valence-electron chi connectivity index (χ2n) is 3.98. The molecule has 1 rings (SSSR count). The third-order valence-corrected chi connectivity index (χ3v) is 3.51. The molecule has 1 aromatic carbocycles. The van der Waals surface area contributed by atoms with Crippen molar-refractivity contribution in [3.63, 3.8) is 0 Å². The number of carboxylic acids is 1. The molecule has 2 nitrogen and oxygen atoms in total. The maximum absolute atomic E-state index is 9.81. The van der Waals surface area contributed by atoms with Crippen molar-refractivity contribution in [1.82, 2.24) is 0 Å². The van der Waals surface area contributed by atoms with Crippen molar-refractivity contribution >= 4 is 40.6 Å². The number of aliphatic carboxylic acids is 1. The number of hydrogen-bond donors (Lipinski definition) is 2. The lowest BCUT2D eigenvalue weighted by atomic mass is 10.1. The van der Waals surface area contributed by atoms with E-state index in [0.29, 0.717) is 0 Å². The van der Waals surface area contributed by atoms with E-state index in [1.54, 1.807) is 0 Å². The summed E-state index contributed by atoms with van der Waals surface area (Å²) < 4.78 is 1.16. The number of thiol groups is 1. The summed E-state index contributed by atoms with van der Waals surface area (Å²) in [7, 11) is 0. The summed E-state index contributed by atoms with van der Waals surface area (Å²) in [6, 6.07) is 8.26. The van der Waals surface area contributed by atoms with Gasteiger partial charge in [0, 0.05) is 10.0 Å². The smallest absolute Gasteiger partial charge is 0.331 e. The zero-order valence-corrected chi connectivity index (χ0v) is 15.8. The molecule has 0 unspecified atom stereocenters. The largest absolute Gasteiger partial charge is 0.478 e. The minimum absolute atomic E-state index is 0.253. The number of carboxylic acid groups (broad SMARTS) is 1. The van der Waals surface area contributed by atoms with Gasteiger partial charge >= 0.3 is 5.97 Å². The Hall–Kier alpha value is -1.00. The minimum Gasteiger partial charge on any atom is -0.478 e. The number of benzene rings is 1. The van der Waals surface area contributed by atoms with Crippen LogP contribution in [0.15, 0.2) is 45.3 Å². The van der Waals surface area contributed by atoms with Crippen molar-refractivity contribution in [2.45, 2.75) is 41.0 Å². The molecule has 0 amide bonds. The molecule has 0 aromatic heterocycles. The average molecular weight is 373 g/mol. The third-order valence-electron chi connectivity index (χ3n) is 2.40. The third kappa shape index (κ3) is 11.3. The molecule has 0 aliphatic carbocycles. The Labute approximate surface area is 142 Å². The summed E-state index contributed by atoms with van der Waals surface area (Å²) in [5.74, 6) is -0.921. The predicted octanol–water partition coefficient (Wildman–Crippen LogP) is 6.19. The molecule has 0 heterocycles. The molecule has 21 heavy (non-hydrogen) atoms. The normalized spacial score (nSPS) is 10.8. The topological polar surface area (TPSA) is 37.3 Å². The van der Waals surface area contributed by atoms with Crippen LogP contribution in [0.3, 0.4) is 0 Å². The first-order chi connectivity index (χ1) is 9.92. The van der Waals surface area contributed by atoms with Gasteiger partial charge in [0.1, 0.15) is 0 Å². The van der Waals surface area contributed by atoms with E-state index in [2.05, 4.69) is 66.7 Å². The van der Waals surface area contributed by atoms with Gasteiger partial charge < -0.3 is 5.11 Å². The Kier molecular flexibility index (Phi) is 14.8. The van der Waals surface area contributed by atoms with E-state index in [9.17, 15) is 4.79 Å². The fourth-order valence-electron chi connectivity index (χ4n) is 1.01. The van der Waals surface area contributed by atoms with E-state index in [1.807, 2.05) is 19.9 Å². The molecular weight excluding hydrogens is 348 g/mol. The highest BCUT2D eigenvalue weighted by atomic mass is 79.9. The average Bonchev–Trinajstić information content (AvgIpc) is 2.51. The molecule has 1 N–H and O–H groups in total. The zero-order chi connectivity index (χ0) is 16.8. The molecule has 0 saturated carbocycles. The zero-order valence-electron chi connectivity index (χ0n) is 13.4. The molecule has 0 fully saturated rings. The Balaban J connectivity index is 0. The van der Waals surface area contributed by atoms with Crippen molar-refractivity contribution in [3.8, 4) is 0 Å². The lowest BCUT2D eigenvalue weighted by Crippen LogP contribution is -1.93. The fourth-order valence-corrected chi connectivity index (χ4v) is 1.52. The summed E-state index contributed by atoms with van der Waals surface area (Å²) in [6.45, 7) is 9.80. The summed E-state index contributed by atoms with van der Waals surface area (Å²) in [4.78, 5) is 9.81. The Bertz CT molecular complexity index is 479. The van der Waals surface area contributed by atoms with Crippen LogP contribution in [0.25, 0.3) is 6.08 Å². The van der Waals surface area contributed by atoms with E-state index >= 15 is 0 Å². The molecule has 0 saturated heterocycles. The molecule has 0 radical (unpaired) electrons. The van der Waals surface area contributed by atoms with Crippen LogP contribution < -0.4 is 0 Å². The molecule has 0 aliphatic rings. The molecule has 0 bridgehead atoms. The maximum atomic E-state index is 9.81. The van der Waals surface area contributed by atoms with Gasteiger partial charge in [-0.3, -0.25) is 0 Å². The van der Waals surface area contributed by atoms with Crippen LogP contribution >= 0.6 is 28.6 Å². The van der Waals surface area contributed by atoms with Crippen LogP contribution in [0.4, 0.5) is 0 Å². The molecule has 0 spiro atoms. The van der Waals surface area contributed by atoms with E-state index in [1.165, 1.54) is 23.5 Å². The number of hydrogen-bond acceptors (Lipinski definition) is 2. The van der Waals surface area contributed by atoms with Gasteiger partial charge in [-0.15, -0.1) is 0 Å². The lowest BCUT2D eigenvalue weighted by Gasteiger charge is -1.99. The van der Waals surface area contributed by atoms with Crippen LogP contribution in [0, 0.1) is 0 Å². The molecule has 1 aromatic rings. The summed E-state index contributed by atoms with van der Waals surface area (Å²) >= 11 is 7.12. The Morgan fingerprint density at radius 2 is 1.81 bits per heavy atom. The van der Waals surface area contributed by atoms with E-state index < -0.39 is 5.97 Å². The molecular formula is C17H25BrO2S. The van der Waals surface area contributed by atoms with Crippen LogP contribution in [0.5, 0.6) is 0 Å². The van der Waals surface area contributed by atoms with Gasteiger partial charge in [0.05, 0.1) is 0 Å². The molecule has 0 atom stereocenters. The number of rotatable bonds is 3. The van der Waals surface area contributed by atoms with Crippen LogP contribution in [-0.2, 0) is 4.79 Å². The van der Waals surface area contributed by atoms with Crippen molar-refractivity contribution in [1.29, 1.82) is 0 Å². The van der Waals surface area contributed by atoms with Gasteiger partial charge in [-0.2, -0.15) is 12.6 Å². The van der Waals surface area contributed by atoms with Gasteiger partial charge in [-0.1, -0.05) is 66.5 Å². The van der Waals surface area contributed by atoms with E-state index in [-0.39, 0.29) is 5.57 Å². The van der Waals surface area contributed by atoms with Crippen molar-refractivity contribution in [2.24, 2.45) is 0 Å². The highest BCUT2D eigenvalue weighted by Crippen LogP contribution is 2.19. The molecule has 118 valence electrons. The van der Waals surface area contributed by atoms with Crippen molar-refractivity contribution in [2.75, 3.05) is 0 Å². The number of halogens is 1. The highest BCUT2D eigenvalue weighted by molar-refractivity contribution is 9.10. The Morgan fingerprint density at radius 3 is 2.14 bits per heavy atom. The van der Waals surface area contributed by atoms with Gasteiger partial charge in [-0.25, -0.2) is 4.79 Å².